The number of rotatable bonds is 3. The molecule has 1 N–H and O–H groups in total. The van der Waals surface area contributed by atoms with Gasteiger partial charge in [0.15, 0.2) is 0 Å². The monoisotopic (exact) mass is 275 g/mol. The second-order valence-corrected chi connectivity index (χ2v) is 5.60. The Morgan fingerprint density at radius 2 is 2.22 bits per heavy atom. The van der Waals surface area contributed by atoms with Gasteiger partial charge in [0.2, 0.25) is 5.13 Å². The van der Waals surface area contributed by atoms with E-state index in [0.29, 0.717) is 0 Å². The zero-order chi connectivity index (χ0) is 12.5. The summed E-state index contributed by atoms with van der Waals surface area (Å²) in [5.41, 5.74) is 2.19. The van der Waals surface area contributed by atoms with Crippen LogP contribution in [0.1, 0.15) is 19.0 Å². The van der Waals surface area contributed by atoms with Gasteiger partial charge in [-0.1, -0.05) is 49.0 Å². The van der Waals surface area contributed by atoms with Crippen LogP contribution in [0.5, 0.6) is 0 Å². The average molecular weight is 275 g/mol. The van der Waals surface area contributed by atoms with Gasteiger partial charge in [-0.05, 0) is 24.6 Å². The molecule has 0 radical (unpaired) electrons. The number of nitrogens with one attached hydrogen (secondary N) is 1. The van der Waals surface area contributed by atoms with Crippen LogP contribution in [0.15, 0.2) is 30.3 Å². The lowest BCUT2D eigenvalue weighted by molar-refractivity contribution is 0.799. The van der Waals surface area contributed by atoms with Gasteiger partial charge in [-0.2, -0.15) is 0 Å². The molecule has 0 saturated heterocycles. The maximum atomic E-state index is 5.37. The predicted octanol–water partition coefficient (Wildman–Crippen LogP) is 4.10. The molecule has 0 aliphatic carbocycles. The van der Waals surface area contributed by atoms with Crippen molar-refractivity contribution < 1.29 is 0 Å². The normalized spacial score (nSPS) is 11.2. The van der Waals surface area contributed by atoms with E-state index in [1.165, 1.54) is 10.4 Å². The predicted molar refractivity (Wildman–Crippen MR) is 78.1 cm³/mol. The molecule has 0 aliphatic heterocycles. The Labute approximate surface area is 114 Å². The summed E-state index contributed by atoms with van der Waals surface area (Å²) in [5.74, 6) is 0. The summed E-state index contributed by atoms with van der Waals surface area (Å²) in [6, 6.07) is 10.2. The van der Waals surface area contributed by atoms with Crippen LogP contribution < -0.4 is 0 Å². The summed E-state index contributed by atoms with van der Waals surface area (Å²) in [4.78, 5) is 4.60. The van der Waals surface area contributed by atoms with Crippen molar-refractivity contribution in [3.05, 3.63) is 40.7 Å². The second-order valence-electron chi connectivity index (χ2n) is 4.17. The number of nitrogens with zero attached hydrogens (tertiary/aromatic N) is 2. The molecule has 3 aromatic rings. The van der Waals surface area contributed by atoms with Gasteiger partial charge in [0.1, 0.15) is 4.64 Å². The Morgan fingerprint density at radius 3 is 3.00 bits per heavy atom. The van der Waals surface area contributed by atoms with E-state index in [1.54, 1.807) is 11.3 Å². The number of aromatic nitrogens is 3. The smallest absolute Gasteiger partial charge is 0.210 e. The minimum Gasteiger partial charge on any atom is -0.295 e. The van der Waals surface area contributed by atoms with Crippen molar-refractivity contribution in [3.63, 3.8) is 0 Å². The van der Waals surface area contributed by atoms with Crippen molar-refractivity contribution in [2.45, 2.75) is 19.8 Å². The number of benzene rings is 1. The number of para-hydroxylation sites is 1. The van der Waals surface area contributed by atoms with Gasteiger partial charge in [-0.3, -0.25) is 5.10 Å². The number of H-pyrrole nitrogens is 1. The van der Waals surface area contributed by atoms with E-state index in [-0.39, 0.29) is 0 Å². The average Bonchev–Trinajstić information content (AvgIpc) is 2.92. The van der Waals surface area contributed by atoms with E-state index in [1.807, 2.05) is 28.9 Å². The third-order valence-electron chi connectivity index (χ3n) is 2.77. The van der Waals surface area contributed by atoms with Gasteiger partial charge in [0.05, 0.1) is 10.2 Å². The SMILES string of the molecule is CCCc1cc(=S)n(-c2nc3ccccc3s2)[nH]1. The van der Waals surface area contributed by atoms with Crippen LogP contribution in [0, 0.1) is 4.64 Å². The molecule has 0 bridgehead atoms. The highest BCUT2D eigenvalue weighted by molar-refractivity contribution is 7.71. The van der Waals surface area contributed by atoms with Crippen LogP contribution in [-0.2, 0) is 6.42 Å². The molecule has 0 aliphatic rings. The van der Waals surface area contributed by atoms with Crippen molar-refractivity contribution >= 4 is 33.8 Å². The molecule has 0 saturated carbocycles. The summed E-state index contributed by atoms with van der Waals surface area (Å²) in [7, 11) is 0. The number of thiazole rings is 1. The van der Waals surface area contributed by atoms with Crippen LogP contribution in [-0.4, -0.2) is 14.8 Å². The molecule has 0 amide bonds. The van der Waals surface area contributed by atoms with Crippen LogP contribution >= 0.6 is 23.6 Å². The maximum Gasteiger partial charge on any atom is 0.210 e. The molecule has 18 heavy (non-hydrogen) atoms. The highest BCUT2D eigenvalue weighted by atomic mass is 32.1. The molecule has 5 heteroatoms. The fraction of sp³-hybridized carbons (Fsp3) is 0.231. The number of aryl methyl sites for hydroxylation is 1. The molecule has 0 unspecified atom stereocenters. The third kappa shape index (κ3) is 2.00. The van der Waals surface area contributed by atoms with Gasteiger partial charge < -0.3 is 0 Å². The van der Waals surface area contributed by atoms with Crippen LogP contribution in [0.4, 0.5) is 0 Å². The van der Waals surface area contributed by atoms with Gasteiger partial charge >= 0.3 is 0 Å². The first-order chi connectivity index (χ1) is 8.78. The molecule has 0 atom stereocenters. The topological polar surface area (TPSA) is 33.6 Å². The number of hydrogen-bond donors (Lipinski definition) is 1. The van der Waals surface area contributed by atoms with Crippen molar-refractivity contribution in [3.8, 4) is 5.13 Å². The van der Waals surface area contributed by atoms with E-state index in [0.717, 1.165) is 28.1 Å². The van der Waals surface area contributed by atoms with Gasteiger partial charge in [-0.15, -0.1) is 0 Å². The molecule has 3 rings (SSSR count). The Kier molecular flexibility index (Phi) is 3.01. The molecule has 1 aromatic carbocycles. The van der Waals surface area contributed by atoms with Crippen LogP contribution in [0.3, 0.4) is 0 Å². The molecule has 2 aromatic heterocycles. The summed E-state index contributed by atoms with van der Waals surface area (Å²) in [5, 5.41) is 4.23. The van der Waals surface area contributed by atoms with Gasteiger partial charge in [-0.25, -0.2) is 9.67 Å². The molecule has 92 valence electrons. The lowest BCUT2D eigenvalue weighted by Gasteiger charge is -1.96. The quantitative estimate of drug-likeness (QED) is 0.730. The lowest BCUT2D eigenvalue weighted by Crippen LogP contribution is -1.96. The van der Waals surface area contributed by atoms with E-state index >= 15 is 0 Å². The summed E-state index contributed by atoms with van der Waals surface area (Å²) in [6.45, 7) is 2.16. The van der Waals surface area contributed by atoms with Crippen molar-refractivity contribution in [2.75, 3.05) is 0 Å². The highest BCUT2D eigenvalue weighted by Gasteiger charge is 2.07. The molecule has 0 fully saturated rings. The Bertz CT molecular complexity index is 703. The van der Waals surface area contributed by atoms with Crippen molar-refractivity contribution in [1.82, 2.24) is 14.8 Å². The second kappa shape index (κ2) is 4.66. The molecular formula is C13H13N3S2. The van der Waals surface area contributed by atoms with Crippen LogP contribution in [0.2, 0.25) is 0 Å². The summed E-state index contributed by atoms with van der Waals surface area (Å²) in [6.07, 6.45) is 2.12. The fourth-order valence-electron chi connectivity index (χ4n) is 1.94. The third-order valence-corrected chi connectivity index (χ3v) is 4.09. The number of hydrogen-bond acceptors (Lipinski definition) is 3. The first kappa shape index (κ1) is 11.6. The summed E-state index contributed by atoms with van der Waals surface area (Å²) < 4.78 is 3.86. The Balaban J connectivity index is 2.11. The zero-order valence-corrected chi connectivity index (χ0v) is 11.6. The van der Waals surface area contributed by atoms with Crippen molar-refractivity contribution in [1.29, 1.82) is 0 Å². The standard InChI is InChI=1S/C13H13N3S2/c1-2-5-9-8-12(17)16(15-9)13-14-10-6-3-4-7-11(10)18-13/h3-4,6-8,15H,2,5H2,1H3. The minimum absolute atomic E-state index is 0.789. The van der Waals surface area contributed by atoms with Crippen molar-refractivity contribution in [2.24, 2.45) is 0 Å². The van der Waals surface area contributed by atoms with E-state index < -0.39 is 0 Å². The minimum atomic E-state index is 0.789. The Hall–Kier alpha value is -1.46. The number of fused-ring (bicyclic) bond motifs is 1. The molecule has 3 nitrogen and oxygen atoms in total. The van der Waals surface area contributed by atoms with Gasteiger partial charge in [0, 0.05) is 5.69 Å². The first-order valence-electron chi connectivity index (χ1n) is 5.95. The van der Waals surface area contributed by atoms with E-state index in [2.05, 4.69) is 23.1 Å². The van der Waals surface area contributed by atoms with E-state index in [4.69, 9.17) is 12.2 Å². The zero-order valence-electron chi connectivity index (χ0n) is 10.0. The largest absolute Gasteiger partial charge is 0.295 e. The Morgan fingerprint density at radius 1 is 1.39 bits per heavy atom. The maximum absolute atomic E-state index is 5.37. The molecule has 2 heterocycles. The lowest BCUT2D eigenvalue weighted by atomic mass is 10.3. The van der Waals surface area contributed by atoms with Gasteiger partial charge in [0.25, 0.3) is 0 Å². The number of aromatic amines is 1. The van der Waals surface area contributed by atoms with Crippen LogP contribution in [0.25, 0.3) is 15.3 Å². The fourth-order valence-corrected chi connectivity index (χ4v) is 3.21. The highest BCUT2D eigenvalue weighted by Crippen LogP contribution is 2.24. The molecular weight excluding hydrogens is 262 g/mol. The van der Waals surface area contributed by atoms with E-state index in [9.17, 15) is 0 Å². The first-order valence-corrected chi connectivity index (χ1v) is 7.17. The molecule has 0 spiro atoms. The summed E-state index contributed by atoms with van der Waals surface area (Å²) >= 11 is 7.02.